The molecule has 0 aliphatic heterocycles. The van der Waals surface area contributed by atoms with Crippen LogP contribution in [-0.2, 0) is 6.42 Å². The van der Waals surface area contributed by atoms with Crippen molar-refractivity contribution >= 4 is 38.3 Å². The number of pyridine rings is 1. The van der Waals surface area contributed by atoms with Gasteiger partial charge in [-0.2, -0.15) is 0 Å². The summed E-state index contributed by atoms with van der Waals surface area (Å²) in [5.74, 6) is -0.295. The summed E-state index contributed by atoms with van der Waals surface area (Å²) in [5.41, 5.74) is 0.334. The number of carbonyl (C=O) groups excluding carboxylic acids is 1. The minimum atomic E-state index is -0.295. The zero-order valence-electron chi connectivity index (χ0n) is 8.98. The van der Waals surface area contributed by atoms with Crippen molar-refractivity contribution in [2.75, 3.05) is 5.32 Å². The van der Waals surface area contributed by atoms with Crippen LogP contribution in [0.5, 0.6) is 0 Å². The fourth-order valence-electron chi connectivity index (χ4n) is 1.16. The van der Waals surface area contributed by atoms with E-state index in [2.05, 4.69) is 36.4 Å². The van der Waals surface area contributed by atoms with Gasteiger partial charge in [-0.3, -0.25) is 10.1 Å². The third-order valence-electron chi connectivity index (χ3n) is 1.96. The molecule has 7 heteroatoms. The van der Waals surface area contributed by atoms with Crippen LogP contribution in [0.3, 0.4) is 0 Å². The molecule has 0 unspecified atom stereocenters. The summed E-state index contributed by atoms with van der Waals surface area (Å²) in [6.45, 7) is 1.99. The first-order chi connectivity index (χ1) is 8.20. The third kappa shape index (κ3) is 2.86. The highest BCUT2D eigenvalue weighted by Crippen LogP contribution is 2.18. The molecule has 0 bridgehead atoms. The van der Waals surface area contributed by atoms with Crippen LogP contribution in [0.15, 0.2) is 22.8 Å². The minimum absolute atomic E-state index is 0.295. The fraction of sp³-hybridized carbons (Fsp3) is 0.200. The second-order valence-electron chi connectivity index (χ2n) is 3.14. The average Bonchev–Trinajstić information content (AvgIpc) is 2.77. The molecule has 1 amide bonds. The van der Waals surface area contributed by atoms with E-state index in [0.717, 1.165) is 11.4 Å². The minimum Gasteiger partial charge on any atom is -0.295 e. The van der Waals surface area contributed by atoms with Crippen LogP contribution < -0.4 is 5.32 Å². The number of rotatable bonds is 3. The van der Waals surface area contributed by atoms with Crippen LogP contribution in [0, 0.1) is 0 Å². The molecule has 88 valence electrons. The van der Waals surface area contributed by atoms with Crippen molar-refractivity contribution in [3.05, 3.63) is 33.5 Å². The van der Waals surface area contributed by atoms with Gasteiger partial charge in [0.1, 0.15) is 10.7 Å². The lowest BCUT2D eigenvalue weighted by Gasteiger charge is -2.01. The molecule has 0 radical (unpaired) electrons. The van der Waals surface area contributed by atoms with Crippen molar-refractivity contribution in [1.82, 2.24) is 15.2 Å². The number of hydrogen-bond donors (Lipinski definition) is 1. The second kappa shape index (κ2) is 5.33. The summed E-state index contributed by atoms with van der Waals surface area (Å²) in [6, 6.07) is 3.51. The lowest BCUT2D eigenvalue weighted by molar-refractivity contribution is 0.102. The first-order valence-electron chi connectivity index (χ1n) is 4.95. The summed E-state index contributed by atoms with van der Waals surface area (Å²) in [6.07, 6.45) is 2.37. The molecular weight excluding hydrogens is 304 g/mol. The lowest BCUT2D eigenvalue weighted by Crippen LogP contribution is -2.14. The largest absolute Gasteiger partial charge is 0.295 e. The summed E-state index contributed by atoms with van der Waals surface area (Å²) >= 11 is 4.64. The van der Waals surface area contributed by atoms with Gasteiger partial charge in [0.05, 0.1) is 0 Å². The van der Waals surface area contributed by atoms with Gasteiger partial charge in [-0.05, 0) is 34.5 Å². The molecule has 0 fully saturated rings. The Labute approximate surface area is 110 Å². The summed E-state index contributed by atoms with van der Waals surface area (Å²) in [5, 5.41) is 11.8. The molecule has 2 aromatic heterocycles. The van der Waals surface area contributed by atoms with E-state index in [1.54, 1.807) is 18.3 Å². The Hall–Kier alpha value is -1.34. The molecule has 2 aromatic rings. The molecule has 2 rings (SSSR count). The van der Waals surface area contributed by atoms with Crippen molar-refractivity contribution in [3.8, 4) is 0 Å². The van der Waals surface area contributed by atoms with Crippen molar-refractivity contribution < 1.29 is 4.79 Å². The third-order valence-corrected chi connectivity index (χ3v) is 3.59. The Balaban J connectivity index is 2.14. The molecule has 0 aromatic carbocycles. The van der Waals surface area contributed by atoms with Gasteiger partial charge < -0.3 is 0 Å². The highest BCUT2D eigenvalue weighted by molar-refractivity contribution is 9.10. The number of carbonyl (C=O) groups is 1. The van der Waals surface area contributed by atoms with E-state index in [1.165, 1.54) is 11.3 Å². The van der Waals surface area contributed by atoms with Crippen LogP contribution in [-0.4, -0.2) is 21.1 Å². The first-order valence-corrected chi connectivity index (χ1v) is 6.56. The lowest BCUT2D eigenvalue weighted by atomic mass is 10.3. The number of aryl methyl sites for hydroxylation is 1. The predicted molar refractivity (Wildman–Crippen MR) is 69.2 cm³/mol. The highest BCUT2D eigenvalue weighted by Gasteiger charge is 2.13. The summed E-state index contributed by atoms with van der Waals surface area (Å²) < 4.78 is 0.651. The van der Waals surface area contributed by atoms with Gasteiger partial charge in [-0.25, -0.2) is 4.98 Å². The number of nitrogens with zero attached hydrogens (tertiary/aromatic N) is 3. The number of anilines is 1. The van der Waals surface area contributed by atoms with Crippen molar-refractivity contribution in [3.63, 3.8) is 0 Å². The normalized spacial score (nSPS) is 10.2. The van der Waals surface area contributed by atoms with Crippen molar-refractivity contribution in [1.29, 1.82) is 0 Å². The molecule has 2 heterocycles. The topological polar surface area (TPSA) is 67.8 Å². The quantitative estimate of drug-likeness (QED) is 0.945. The van der Waals surface area contributed by atoms with Gasteiger partial charge in [0.2, 0.25) is 5.13 Å². The Bertz CT molecular complexity index is 543. The van der Waals surface area contributed by atoms with Crippen molar-refractivity contribution in [2.24, 2.45) is 0 Å². The predicted octanol–water partition coefficient (Wildman–Crippen LogP) is 2.51. The molecule has 5 nitrogen and oxygen atoms in total. The van der Waals surface area contributed by atoms with E-state index in [1.807, 2.05) is 6.92 Å². The zero-order valence-corrected chi connectivity index (χ0v) is 11.4. The van der Waals surface area contributed by atoms with Crippen LogP contribution in [0.25, 0.3) is 0 Å². The molecule has 1 N–H and O–H groups in total. The molecular formula is C10H9BrN4OS. The standard InChI is InChI=1S/C10H9BrN4OS/c1-2-7-14-15-10(17-7)13-9(16)8-6(11)4-3-5-12-8/h3-5H,2H2,1H3,(H,13,15,16). The monoisotopic (exact) mass is 312 g/mol. The Morgan fingerprint density at radius 1 is 1.53 bits per heavy atom. The van der Waals surface area contributed by atoms with Gasteiger partial charge in [0.15, 0.2) is 0 Å². The molecule has 0 saturated heterocycles. The molecule has 17 heavy (non-hydrogen) atoms. The molecule has 0 spiro atoms. The number of aromatic nitrogens is 3. The maximum atomic E-state index is 11.9. The number of amides is 1. The number of nitrogens with one attached hydrogen (secondary N) is 1. The van der Waals surface area contributed by atoms with Gasteiger partial charge in [0.25, 0.3) is 5.91 Å². The van der Waals surface area contributed by atoms with E-state index in [4.69, 9.17) is 0 Å². The second-order valence-corrected chi connectivity index (χ2v) is 5.06. The maximum absolute atomic E-state index is 11.9. The van der Waals surface area contributed by atoms with Gasteiger partial charge >= 0.3 is 0 Å². The van der Waals surface area contributed by atoms with E-state index in [0.29, 0.717) is 15.3 Å². The Morgan fingerprint density at radius 3 is 3.00 bits per heavy atom. The highest BCUT2D eigenvalue weighted by atomic mass is 79.9. The summed E-state index contributed by atoms with van der Waals surface area (Å²) in [4.78, 5) is 15.9. The van der Waals surface area contributed by atoms with Crippen molar-refractivity contribution in [2.45, 2.75) is 13.3 Å². The summed E-state index contributed by atoms with van der Waals surface area (Å²) in [7, 11) is 0. The van der Waals surface area contributed by atoms with Crippen LogP contribution in [0.2, 0.25) is 0 Å². The SMILES string of the molecule is CCc1nnc(NC(=O)c2ncccc2Br)s1. The Kier molecular flexibility index (Phi) is 3.80. The molecule has 0 aliphatic rings. The van der Waals surface area contributed by atoms with E-state index < -0.39 is 0 Å². The van der Waals surface area contributed by atoms with Gasteiger partial charge in [-0.1, -0.05) is 18.3 Å². The number of hydrogen-bond acceptors (Lipinski definition) is 5. The van der Waals surface area contributed by atoms with Crippen LogP contribution in [0.4, 0.5) is 5.13 Å². The zero-order chi connectivity index (χ0) is 12.3. The molecule has 0 aliphatic carbocycles. The maximum Gasteiger partial charge on any atom is 0.277 e. The average molecular weight is 313 g/mol. The Morgan fingerprint density at radius 2 is 2.35 bits per heavy atom. The number of halogens is 1. The van der Waals surface area contributed by atoms with E-state index >= 15 is 0 Å². The molecule has 0 atom stereocenters. The molecule has 0 saturated carbocycles. The smallest absolute Gasteiger partial charge is 0.277 e. The van der Waals surface area contributed by atoms with Gasteiger partial charge in [-0.15, -0.1) is 10.2 Å². The van der Waals surface area contributed by atoms with Crippen LogP contribution >= 0.6 is 27.3 Å². The fourth-order valence-corrected chi connectivity index (χ4v) is 2.27. The first kappa shape index (κ1) is 12.1. The van der Waals surface area contributed by atoms with E-state index in [9.17, 15) is 4.79 Å². The van der Waals surface area contributed by atoms with Gasteiger partial charge in [0, 0.05) is 10.7 Å². The van der Waals surface area contributed by atoms with Crippen LogP contribution in [0.1, 0.15) is 22.4 Å². The van der Waals surface area contributed by atoms with E-state index in [-0.39, 0.29) is 5.91 Å².